The van der Waals surface area contributed by atoms with Crippen molar-refractivity contribution in [1.82, 2.24) is 19.4 Å². The number of amides is 2. The monoisotopic (exact) mass is 432 g/mol. The second kappa shape index (κ2) is 9.18. The number of nitrogens with zero attached hydrogens (tertiary/aromatic N) is 3. The molecule has 3 aromatic heterocycles. The van der Waals surface area contributed by atoms with Crippen molar-refractivity contribution < 1.29 is 14.0 Å². The maximum atomic E-state index is 13.4. The van der Waals surface area contributed by atoms with Crippen LogP contribution in [0.3, 0.4) is 0 Å². The minimum Gasteiger partial charge on any atom is -0.463 e. The van der Waals surface area contributed by atoms with Crippen LogP contribution in [0.25, 0.3) is 11.1 Å². The molecule has 4 aromatic rings. The largest absolute Gasteiger partial charge is 0.463 e. The molecule has 0 radical (unpaired) electrons. The van der Waals surface area contributed by atoms with Gasteiger partial charge in [-0.15, -0.1) is 0 Å². The van der Waals surface area contributed by atoms with E-state index in [-0.39, 0.29) is 17.9 Å². The Morgan fingerprint density at radius 2 is 1.84 bits per heavy atom. The normalized spacial score (nSPS) is 12.1. The average Bonchev–Trinajstić information content (AvgIpc) is 3.50. The van der Waals surface area contributed by atoms with E-state index in [4.69, 9.17) is 4.42 Å². The number of carbonyl (C=O) groups is 2. The fourth-order valence-corrected chi connectivity index (χ4v) is 4.06. The lowest BCUT2D eigenvalue weighted by atomic mass is 10.0. The van der Waals surface area contributed by atoms with Gasteiger partial charge in [0.05, 0.1) is 11.8 Å². The Bertz CT molecular complexity index is 1220. The summed E-state index contributed by atoms with van der Waals surface area (Å²) in [4.78, 5) is 27.6. The highest BCUT2D eigenvalue weighted by atomic mass is 16.3. The van der Waals surface area contributed by atoms with Gasteiger partial charge in [0, 0.05) is 52.1 Å². The number of benzene rings is 1. The van der Waals surface area contributed by atoms with E-state index in [1.54, 1.807) is 27.9 Å². The molecule has 0 aliphatic rings. The smallest absolute Gasteiger partial charge is 0.270 e. The van der Waals surface area contributed by atoms with Crippen molar-refractivity contribution in [2.45, 2.75) is 18.9 Å². The molecule has 0 aliphatic heterocycles. The molecule has 2 amide bonds. The van der Waals surface area contributed by atoms with Crippen LogP contribution in [0.15, 0.2) is 71.5 Å². The van der Waals surface area contributed by atoms with Gasteiger partial charge in [-0.1, -0.05) is 30.3 Å². The summed E-state index contributed by atoms with van der Waals surface area (Å²) in [6.07, 6.45) is 4.80. The van der Waals surface area contributed by atoms with Gasteiger partial charge < -0.3 is 23.8 Å². The number of nitrogens with one attached hydrogen (secondary N) is 1. The summed E-state index contributed by atoms with van der Waals surface area (Å²) in [6, 6.07) is 17.3. The van der Waals surface area contributed by atoms with Gasteiger partial charge in [-0.2, -0.15) is 0 Å². The minimum absolute atomic E-state index is 0.0754. The third kappa shape index (κ3) is 4.32. The van der Waals surface area contributed by atoms with Crippen LogP contribution in [-0.2, 0) is 20.5 Å². The second-order valence-electron chi connectivity index (χ2n) is 8.07. The molecular weight excluding hydrogens is 404 g/mol. The molecule has 3 heterocycles. The zero-order valence-electron chi connectivity index (χ0n) is 18.6. The summed E-state index contributed by atoms with van der Waals surface area (Å²) in [7, 11) is 5.53. The van der Waals surface area contributed by atoms with Crippen molar-refractivity contribution in [1.29, 1.82) is 0 Å². The van der Waals surface area contributed by atoms with Crippen LogP contribution in [0.2, 0.25) is 0 Å². The summed E-state index contributed by atoms with van der Waals surface area (Å²) in [5.41, 5.74) is 3.91. The Hall–Kier alpha value is -3.74. The Morgan fingerprint density at radius 1 is 1.06 bits per heavy atom. The Morgan fingerprint density at radius 3 is 2.53 bits per heavy atom. The number of likely N-dealkylation sites (N-methyl/N-ethyl adjacent to an activating group) is 1. The van der Waals surface area contributed by atoms with Gasteiger partial charge in [0.15, 0.2) is 5.58 Å². The van der Waals surface area contributed by atoms with E-state index in [9.17, 15) is 9.59 Å². The molecule has 0 spiro atoms. The summed E-state index contributed by atoms with van der Waals surface area (Å²) in [5, 5.41) is 2.99. The van der Waals surface area contributed by atoms with Gasteiger partial charge in [-0.3, -0.25) is 9.59 Å². The number of carbonyl (C=O) groups excluding carboxylic acids is 2. The van der Waals surface area contributed by atoms with Crippen LogP contribution < -0.4 is 5.32 Å². The Kier molecular flexibility index (Phi) is 6.16. The fraction of sp³-hybridized carbons (Fsp3) is 0.280. The SMILES string of the molecule is CN(C(=O)c1cc2occc2n1C)[C@H](CCNC(=O)c1cccn1C)Cc1ccccc1. The van der Waals surface area contributed by atoms with Gasteiger partial charge in [-0.05, 0) is 30.5 Å². The third-order valence-corrected chi connectivity index (χ3v) is 6.00. The molecule has 1 N–H and O–H groups in total. The van der Waals surface area contributed by atoms with Crippen molar-refractivity contribution in [2.24, 2.45) is 14.1 Å². The predicted octanol–water partition coefficient (Wildman–Crippen LogP) is 3.61. The lowest BCUT2D eigenvalue weighted by Crippen LogP contribution is -2.41. The van der Waals surface area contributed by atoms with Crippen LogP contribution in [0.1, 0.15) is 33.0 Å². The van der Waals surface area contributed by atoms with E-state index < -0.39 is 0 Å². The van der Waals surface area contributed by atoms with Gasteiger partial charge in [0.25, 0.3) is 11.8 Å². The molecule has 7 nitrogen and oxygen atoms in total. The minimum atomic E-state index is -0.118. The first-order valence-corrected chi connectivity index (χ1v) is 10.7. The van der Waals surface area contributed by atoms with Crippen LogP contribution in [0, 0.1) is 0 Å². The number of hydrogen-bond acceptors (Lipinski definition) is 3. The predicted molar refractivity (Wildman–Crippen MR) is 124 cm³/mol. The maximum Gasteiger partial charge on any atom is 0.270 e. The van der Waals surface area contributed by atoms with E-state index in [1.165, 1.54) is 0 Å². The van der Waals surface area contributed by atoms with Gasteiger partial charge in [0.1, 0.15) is 11.4 Å². The number of rotatable bonds is 8. The van der Waals surface area contributed by atoms with Gasteiger partial charge in [-0.25, -0.2) is 0 Å². The highest BCUT2D eigenvalue weighted by Crippen LogP contribution is 2.22. The topological polar surface area (TPSA) is 72.4 Å². The van der Waals surface area contributed by atoms with Crippen molar-refractivity contribution >= 4 is 22.9 Å². The van der Waals surface area contributed by atoms with Gasteiger partial charge >= 0.3 is 0 Å². The van der Waals surface area contributed by atoms with Crippen molar-refractivity contribution in [2.75, 3.05) is 13.6 Å². The van der Waals surface area contributed by atoms with E-state index in [1.807, 2.05) is 62.2 Å². The molecular formula is C25H28N4O3. The lowest BCUT2D eigenvalue weighted by Gasteiger charge is -2.29. The number of fused-ring (bicyclic) bond motifs is 1. The number of aromatic nitrogens is 2. The van der Waals surface area contributed by atoms with E-state index in [0.717, 1.165) is 11.1 Å². The molecule has 0 saturated carbocycles. The molecule has 1 atom stereocenters. The highest BCUT2D eigenvalue weighted by Gasteiger charge is 2.25. The maximum absolute atomic E-state index is 13.4. The van der Waals surface area contributed by atoms with Crippen LogP contribution in [-0.4, -0.2) is 45.5 Å². The first-order chi connectivity index (χ1) is 15.5. The first kappa shape index (κ1) is 21.5. The summed E-state index contributed by atoms with van der Waals surface area (Å²) < 4.78 is 9.11. The highest BCUT2D eigenvalue weighted by molar-refractivity contribution is 5.97. The third-order valence-electron chi connectivity index (χ3n) is 6.00. The summed E-state index contributed by atoms with van der Waals surface area (Å²) in [5.74, 6) is -0.193. The zero-order chi connectivity index (χ0) is 22.7. The van der Waals surface area contributed by atoms with Gasteiger partial charge in [0.2, 0.25) is 0 Å². The summed E-state index contributed by atoms with van der Waals surface area (Å²) >= 11 is 0. The number of furan rings is 1. The molecule has 4 rings (SSSR count). The standard InChI is InChI=1S/C25H28N4O3/c1-27-14-7-10-21(27)24(30)26-13-11-19(16-18-8-5-4-6-9-18)28(2)25(31)22-17-23-20(29(22)3)12-15-32-23/h4-10,12,14-15,17,19H,11,13,16H2,1-3H3,(H,26,30)/t19-/m1/s1. The van der Waals surface area contributed by atoms with Crippen molar-refractivity contribution in [3.63, 3.8) is 0 Å². The molecule has 0 aliphatic carbocycles. The molecule has 32 heavy (non-hydrogen) atoms. The molecule has 166 valence electrons. The van der Waals surface area contributed by atoms with E-state index in [0.29, 0.717) is 36.4 Å². The Labute approximate surface area is 187 Å². The Balaban J connectivity index is 1.49. The zero-order valence-corrected chi connectivity index (χ0v) is 18.6. The second-order valence-corrected chi connectivity index (χ2v) is 8.07. The number of aryl methyl sites for hydroxylation is 2. The first-order valence-electron chi connectivity index (χ1n) is 10.7. The van der Waals surface area contributed by atoms with Crippen molar-refractivity contribution in [3.8, 4) is 0 Å². The van der Waals surface area contributed by atoms with Crippen LogP contribution in [0.4, 0.5) is 0 Å². The fourth-order valence-electron chi connectivity index (χ4n) is 4.06. The number of hydrogen-bond donors (Lipinski definition) is 1. The molecule has 0 unspecified atom stereocenters. The molecule has 0 bridgehead atoms. The van der Waals surface area contributed by atoms with Crippen LogP contribution >= 0.6 is 0 Å². The quantitative estimate of drug-likeness (QED) is 0.462. The lowest BCUT2D eigenvalue weighted by molar-refractivity contribution is 0.0713. The summed E-state index contributed by atoms with van der Waals surface area (Å²) in [6.45, 7) is 0.467. The van der Waals surface area contributed by atoms with Crippen molar-refractivity contribution in [3.05, 3.63) is 84.0 Å². The van der Waals surface area contributed by atoms with E-state index in [2.05, 4.69) is 17.4 Å². The average molecular weight is 433 g/mol. The molecule has 0 fully saturated rings. The molecule has 7 heteroatoms. The van der Waals surface area contributed by atoms with Crippen LogP contribution in [0.5, 0.6) is 0 Å². The molecule has 1 aromatic carbocycles. The molecule has 0 saturated heterocycles. The van der Waals surface area contributed by atoms with E-state index >= 15 is 0 Å².